The van der Waals surface area contributed by atoms with Gasteiger partial charge in [-0.15, -0.1) is 0 Å². The van der Waals surface area contributed by atoms with Crippen LogP contribution in [0.15, 0.2) is 48.5 Å². The van der Waals surface area contributed by atoms with Crippen molar-refractivity contribution in [3.8, 4) is 5.75 Å². The van der Waals surface area contributed by atoms with Crippen LogP contribution in [-0.4, -0.2) is 7.11 Å². The van der Waals surface area contributed by atoms with E-state index >= 15 is 0 Å². The van der Waals surface area contributed by atoms with Crippen LogP contribution in [0.25, 0.3) is 0 Å². The van der Waals surface area contributed by atoms with E-state index in [0.29, 0.717) is 12.1 Å². The highest BCUT2D eigenvalue weighted by atomic mass is 19.1. The van der Waals surface area contributed by atoms with Crippen molar-refractivity contribution in [2.45, 2.75) is 19.5 Å². The zero-order valence-electron chi connectivity index (χ0n) is 11.2. The van der Waals surface area contributed by atoms with Crippen molar-refractivity contribution in [2.75, 3.05) is 7.11 Å². The lowest BCUT2D eigenvalue weighted by Crippen LogP contribution is -2.19. The molecular weight excluding hydrogens is 241 g/mol. The number of halogens is 1. The molecule has 1 unspecified atom stereocenters. The minimum atomic E-state index is -0.178. The molecule has 2 rings (SSSR count). The van der Waals surface area contributed by atoms with Crippen LogP contribution >= 0.6 is 0 Å². The van der Waals surface area contributed by atoms with E-state index in [1.165, 1.54) is 6.07 Å². The molecule has 0 aliphatic heterocycles. The Labute approximate surface area is 113 Å². The summed E-state index contributed by atoms with van der Waals surface area (Å²) >= 11 is 0. The molecule has 0 radical (unpaired) electrons. The summed E-state index contributed by atoms with van der Waals surface area (Å²) in [5.74, 6) is 0.665. The second-order valence-electron chi connectivity index (χ2n) is 4.44. The Balaban J connectivity index is 2.04. The van der Waals surface area contributed by atoms with Gasteiger partial charge < -0.3 is 10.1 Å². The molecule has 0 saturated carbocycles. The lowest BCUT2D eigenvalue weighted by molar-refractivity contribution is 0.405. The lowest BCUT2D eigenvalue weighted by atomic mass is 10.1. The maximum Gasteiger partial charge on any atom is 0.127 e. The molecule has 0 saturated heterocycles. The molecule has 1 N–H and O–H groups in total. The van der Waals surface area contributed by atoms with Crippen molar-refractivity contribution >= 4 is 0 Å². The molecule has 19 heavy (non-hydrogen) atoms. The zero-order chi connectivity index (χ0) is 13.7. The van der Waals surface area contributed by atoms with Crippen LogP contribution in [-0.2, 0) is 6.54 Å². The number of hydrogen-bond donors (Lipinski definition) is 1. The van der Waals surface area contributed by atoms with Crippen molar-refractivity contribution < 1.29 is 9.13 Å². The van der Waals surface area contributed by atoms with Crippen molar-refractivity contribution in [3.63, 3.8) is 0 Å². The summed E-state index contributed by atoms with van der Waals surface area (Å²) in [7, 11) is 1.65. The van der Waals surface area contributed by atoms with E-state index in [0.717, 1.165) is 11.3 Å². The predicted molar refractivity (Wildman–Crippen MR) is 74.6 cm³/mol. The predicted octanol–water partition coefficient (Wildman–Crippen LogP) is 3.69. The Morgan fingerprint density at radius 1 is 1.11 bits per heavy atom. The van der Waals surface area contributed by atoms with Gasteiger partial charge in [0.15, 0.2) is 0 Å². The average molecular weight is 259 g/mol. The molecule has 0 aliphatic rings. The van der Waals surface area contributed by atoms with E-state index in [-0.39, 0.29) is 11.9 Å². The Kier molecular flexibility index (Phi) is 4.53. The van der Waals surface area contributed by atoms with E-state index in [4.69, 9.17) is 4.74 Å². The highest BCUT2D eigenvalue weighted by Gasteiger charge is 2.10. The van der Waals surface area contributed by atoms with Crippen molar-refractivity contribution in [2.24, 2.45) is 0 Å². The van der Waals surface area contributed by atoms with Crippen LogP contribution in [0.4, 0.5) is 4.39 Å². The normalized spacial score (nSPS) is 12.2. The molecule has 0 heterocycles. The molecule has 0 aliphatic carbocycles. The SMILES string of the molecule is COc1ccccc1CNC(C)c1ccccc1F. The van der Waals surface area contributed by atoms with Gasteiger partial charge in [-0.3, -0.25) is 0 Å². The largest absolute Gasteiger partial charge is 0.496 e. The first-order valence-electron chi connectivity index (χ1n) is 6.32. The van der Waals surface area contributed by atoms with Gasteiger partial charge in [0.05, 0.1) is 7.11 Å². The first-order valence-corrected chi connectivity index (χ1v) is 6.32. The molecule has 3 heteroatoms. The molecule has 2 nitrogen and oxygen atoms in total. The van der Waals surface area contributed by atoms with Crippen LogP contribution in [0.5, 0.6) is 5.75 Å². The van der Waals surface area contributed by atoms with E-state index in [9.17, 15) is 4.39 Å². The van der Waals surface area contributed by atoms with Crippen LogP contribution in [0.2, 0.25) is 0 Å². The van der Waals surface area contributed by atoms with E-state index in [2.05, 4.69) is 5.32 Å². The Bertz CT molecular complexity index is 542. The zero-order valence-corrected chi connectivity index (χ0v) is 11.2. The number of rotatable bonds is 5. The Morgan fingerprint density at radius 3 is 2.53 bits per heavy atom. The smallest absolute Gasteiger partial charge is 0.127 e. The summed E-state index contributed by atoms with van der Waals surface area (Å²) < 4.78 is 18.9. The molecule has 100 valence electrons. The molecule has 0 bridgehead atoms. The first-order chi connectivity index (χ1) is 9.22. The third-order valence-electron chi connectivity index (χ3n) is 3.16. The van der Waals surface area contributed by atoms with Crippen LogP contribution in [0.3, 0.4) is 0 Å². The number of para-hydroxylation sites is 1. The van der Waals surface area contributed by atoms with Gasteiger partial charge in [0.1, 0.15) is 11.6 Å². The summed E-state index contributed by atoms with van der Waals surface area (Å²) in [5, 5.41) is 3.31. The van der Waals surface area contributed by atoms with E-state index < -0.39 is 0 Å². The molecule has 2 aromatic rings. The van der Waals surface area contributed by atoms with Crippen LogP contribution < -0.4 is 10.1 Å². The highest BCUT2D eigenvalue weighted by Crippen LogP contribution is 2.20. The molecular formula is C16H18FNO. The fourth-order valence-corrected chi connectivity index (χ4v) is 2.05. The lowest BCUT2D eigenvalue weighted by Gasteiger charge is -2.16. The maximum absolute atomic E-state index is 13.6. The Morgan fingerprint density at radius 2 is 1.79 bits per heavy atom. The standard InChI is InChI=1S/C16H18FNO/c1-12(14-8-4-5-9-15(14)17)18-11-13-7-3-6-10-16(13)19-2/h3-10,12,18H,11H2,1-2H3. The monoisotopic (exact) mass is 259 g/mol. The summed E-state index contributed by atoms with van der Waals surface area (Å²) in [4.78, 5) is 0. The summed E-state index contributed by atoms with van der Waals surface area (Å²) in [6, 6.07) is 14.6. The molecule has 0 aromatic heterocycles. The first kappa shape index (κ1) is 13.6. The molecule has 2 aromatic carbocycles. The van der Waals surface area contributed by atoms with Gasteiger partial charge in [-0.2, -0.15) is 0 Å². The van der Waals surface area contributed by atoms with Gasteiger partial charge in [-0.25, -0.2) is 4.39 Å². The van der Waals surface area contributed by atoms with Gasteiger partial charge in [0, 0.05) is 23.7 Å². The van der Waals surface area contributed by atoms with Gasteiger partial charge in [0.25, 0.3) is 0 Å². The van der Waals surface area contributed by atoms with Gasteiger partial charge >= 0.3 is 0 Å². The maximum atomic E-state index is 13.6. The van der Waals surface area contributed by atoms with Crippen molar-refractivity contribution in [3.05, 3.63) is 65.5 Å². The van der Waals surface area contributed by atoms with Crippen LogP contribution in [0, 0.1) is 5.82 Å². The second-order valence-corrected chi connectivity index (χ2v) is 4.44. The number of benzene rings is 2. The molecule has 1 atom stereocenters. The average Bonchev–Trinajstić information content (AvgIpc) is 2.45. The molecule has 0 spiro atoms. The number of methoxy groups -OCH3 is 1. The fourth-order valence-electron chi connectivity index (χ4n) is 2.05. The fraction of sp³-hybridized carbons (Fsp3) is 0.250. The molecule has 0 fully saturated rings. The number of nitrogens with one attached hydrogen (secondary N) is 1. The quantitative estimate of drug-likeness (QED) is 0.884. The summed E-state index contributed by atoms with van der Waals surface area (Å²) in [5.41, 5.74) is 1.74. The van der Waals surface area contributed by atoms with Crippen molar-refractivity contribution in [1.82, 2.24) is 5.32 Å². The third-order valence-corrected chi connectivity index (χ3v) is 3.16. The van der Waals surface area contributed by atoms with Gasteiger partial charge in [0.2, 0.25) is 0 Å². The number of hydrogen-bond acceptors (Lipinski definition) is 2. The summed E-state index contributed by atoms with van der Waals surface area (Å²) in [6.45, 7) is 2.59. The van der Waals surface area contributed by atoms with Crippen molar-refractivity contribution in [1.29, 1.82) is 0 Å². The highest BCUT2D eigenvalue weighted by molar-refractivity contribution is 5.33. The third kappa shape index (κ3) is 3.32. The summed E-state index contributed by atoms with van der Waals surface area (Å²) in [6.07, 6.45) is 0. The molecule has 0 amide bonds. The Hall–Kier alpha value is -1.87. The number of ether oxygens (including phenoxy) is 1. The topological polar surface area (TPSA) is 21.3 Å². The van der Waals surface area contributed by atoms with Crippen LogP contribution in [0.1, 0.15) is 24.1 Å². The minimum Gasteiger partial charge on any atom is -0.496 e. The van der Waals surface area contributed by atoms with E-state index in [1.54, 1.807) is 19.2 Å². The minimum absolute atomic E-state index is 0.0499. The van der Waals surface area contributed by atoms with E-state index in [1.807, 2.05) is 37.3 Å². The second kappa shape index (κ2) is 6.34. The van der Waals surface area contributed by atoms with Gasteiger partial charge in [-0.05, 0) is 19.1 Å². The van der Waals surface area contributed by atoms with Gasteiger partial charge in [-0.1, -0.05) is 36.4 Å².